The van der Waals surface area contributed by atoms with E-state index in [1.807, 2.05) is 25.7 Å². The number of nitrogens with one attached hydrogen (secondary N) is 1. The van der Waals surface area contributed by atoms with E-state index in [2.05, 4.69) is 5.32 Å². The van der Waals surface area contributed by atoms with Gasteiger partial charge < -0.3 is 15.3 Å². The van der Waals surface area contributed by atoms with Crippen molar-refractivity contribution in [3.63, 3.8) is 0 Å². The predicted octanol–water partition coefficient (Wildman–Crippen LogP) is 2.94. The van der Waals surface area contributed by atoms with Crippen LogP contribution in [0.25, 0.3) is 0 Å². The normalized spacial score (nSPS) is 18.0. The third kappa shape index (κ3) is 5.20. The van der Waals surface area contributed by atoms with Gasteiger partial charge in [0.2, 0.25) is 0 Å². The lowest BCUT2D eigenvalue weighted by Gasteiger charge is -2.34. The van der Waals surface area contributed by atoms with Crippen LogP contribution >= 0.6 is 11.6 Å². The van der Waals surface area contributed by atoms with Crippen molar-refractivity contribution in [3.05, 3.63) is 34.9 Å². The molecule has 4 nitrogen and oxygen atoms in total. The fourth-order valence-electron chi connectivity index (χ4n) is 2.65. The second-order valence-corrected chi connectivity index (χ2v) is 7.80. The van der Waals surface area contributed by atoms with E-state index in [0.717, 1.165) is 25.9 Å². The summed E-state index contributed by atoms with van der Waals surface area (Å²) in [6.45, 7) is 8.18. The summed E-state index contributed by atoms with van der Waals surface area (Å²) in [5.41, 5.74) is 0.571. The van der Waals surface area contributed by atoms with E-state index in [1.165, 1.54) is 0 Å². The Hall–Kier alpha value is -1.10. The molecule has 0 aromatic heterocycles. The largest absolute Gasteiger partial charge is 0.391 e. The lowest BCUT2D eigenvalue weighted by molar-refractivity contribution is 0.0547. The highest BCUT2D eigenvalue weighted by molar-refractivity contribution is 6.30. The Morgan fingerprint density at radius 3 is 2.39 bits per heavy atom. The molecule has 1 saturated heterocycles. The molecule has 1 aliphatic rings. The minimum Gasteiger partial charge on any atom is -0.391 e. The minimum absolute atomic E-state index is 0.0647. The summed E-state index contributed by atoms with van der Waals surface area (Å²) in [5, 5.41) is 14.2. The van der Waals surface area contributed by atoms with Gasteiger partial charge in [0.05, 0.1) is 6.10 Å². The Balaban J connectivity index is 1.79. The predicted molar refractivity (Wildman–Crippen MR) is 93.8 cm³/mol. The van der Waals surface area contributed by atoms with Gasteiger partial charge in [0.25, 0.3) is 5.91 Å². The number of benzene rings is 1. The molecular formula is C18H27ClN2O2. The molecule has 1 aromatic carbocycles. The minimum atomic E-state index is -0.365. The first-order valence-electron chi connectivity index (χ1n) is 8.23. The van der Waals surface area contributed by atoms with Gasteiger partial charge in [0.15, 0.2) is 0 Å². The van der Waals surface area contributed by atoms with E-state index in [9.17, 15) is 9.90 Å². The third-order valence-electron chi connectivity index (χ3n) is 4.47. The molecule has 1 aromatic rings. The van der Waals surface area contributed by atoms with Crippen molar-refractivity contribution in [1.29, 1.82) is 0 Å². The quantitative estimate of drug-likeness (QED) is 0.887. The molecule has 1 heterocycles. The van der Waals surface area contributed by atoms with Crippen LogP contribution in [0.5, 0.6) is 0 Å². The molecule has 0 spiro atoms. The summed E-state index contributed by atoms with van der Waals surface area (Å²) in [6, 6.07) is 7.40. The monoisotopic (exact) mass is 338 g/mol. The molecule has 5 heteroatoms. The molecule has 1 aliphatic heterocycles. The first-order chi connectivity index (χ1) is 10.8. The van der Waals surface area contributed by atoms with E-state index in [0.29, 0.717) is 23.2 Å². The molecule has 0 radical (unpaired) electrons. The van der Waals surface area contributed by atoms with Crippen LogP contribution in [0.3, 0.4) is 0 Å². The zero-order valence-electron chi connectivity index (χ0n) is 14.2. The Kier molecular flexibility index (Phi) is 6.06. The van der Waals surface area contributed by atoms with Gasteiger partial charge in [-0.3, -0.25) is 4.79 Å². The zero-order chi connectivity index (χ0) is 17.0. The fourth-order valence-corrected chi connectivity index (χ4v) is 2.77. The number of amides is 1. The van der Waals surface area contributed by atoms with E-state index < -0.39 is 0 Å². The number of likely N-dealkylation sites (tertiary alicyclic amines) is 1. The number of halogens is 1. The number of nitrogens with zero attached hydrogens (tertiary/aromatic N) is 1. The molecule has 23 heavy (non-hydrogen) atoms. The maximum Gasteiger partial charge on any atom is 0.253 e. The highest BCUT2D eigenvalue weighted by Gasteiger charge is 2.26. The van der Waals surface area contributed by atoms with Crippen molar-refractivity contribution in [1.82, 2.24) is 10.2 Å². The number of rotatable bonds is 4. The van der Waals surface area contributed by atoms with Gasteiger partial charge in [-0.1, -0.05) is 32.4 Å². The molecule has 0 bridgehead atoms. The van der Waals surface area contributed by atoms with Crippen LogP contribution in [-0.4, -0.2) is 47.7 Å². The summed E-state index contributed by atoms with van der Waals surface area (Å²) >= 11 is 5.86. The molecular weight excluding hydrogens is 312 g/mol. The topological polar surface area (TPSA) is 52.6 Å². The molecule has 2 N–H and O–H groups in total. The van der Waals surface area contributed by atoms with Crippen molar-refractivity contribution in [2.45, 2.75) is 45.8 Å². The summed E-state index contributed by atoms with van der Waals surface area (Å²) in [7, 11) is 0. The number of aliphatic hydroxyl groups excluding tert-OH is 1. The molecule has 128 valence electrons. The summed E-state index contributed by atoms with van der Waals surface area (Å²) in [6.07, 6.45) is 1.46. The Bertz CT molecular complexity index is 517. The van der Waals surface area contributed by atoms with Crippen LogP contribution in [0, 0.1) is 5.41 Å². The molecule has 1 amide bonds. The van der Waals surface area contributed by atoms with Gasteiger partial charge in [-0.2, -0.15) is 0 Å². The van der Waals surface area contributed by atoms with Gasteiger partial charge in [-0.05, 0) is 42.5 Å². The number of carbonyl (C=O) groups is 1. The van der Waals surface area contributed by atoms with Gasteiger partial charge in [-0.15, -0.1) is 0 Å². The average molecular weight is 339 g/mol. The van der Waals surface area contributed by atoms with Crippen LogP contribution in [-0.2, 0) is 0 Å². The summed E-state index contributed by atoms with van der Waals surface area (Å²) in [4.78, 5) is 14.3. The van der Waals surface area contributed by atoms with Gasteiger partial charge in [0, 0.05) is 36.3 Å². The van der Waals surface area contributed by atoms with Crippen molar-refractivity contribution >= 4 is 17.5 Å². The van der Waals surface area contributed by atoms with E-state index in [1.54, 1.807) is 24.3 Å². The SMILES string of the molecule is CC(C)(C)C(O)CNC1CCN(C(=O)c2ccc(Cl)cc2)CC1. The zero-order valence-corrected chi connectivity index (χ0v) is 14.9. The van der Waals surface area contributed by atoms with E-state index in [4.69, 9.17) is 11.6 Å². The fraction of sp³-hybridized carbons (Fsp3) is 0.611. The summed E-state index contributed by atoms with van der Waals surface area (Å²) < 4.78 is 0. The second kappa shape index (κ2) is 7.65. The van der Waals surface area contributed by atoms with Crippen LogP contribution in [0.2, 0.25) is 5.02 Å². The van der Waals surface area contributed by atoms with Gasteiger partial charge in [-0.25, -0.2) is 0 Å². The molecule has 0 aliphatic carbocycles. The number of hydrogen-bond donors (Lipinski definition) is 2. The van der Waals surface area contributed by atoms with Crippen molar-refractivity contribution < 1.29 is 9.90 Å². The smallest absolute Gasteiger partial charge is 0.253 e. The lowest BCUT2D eigenvalue weighted by Crippen LogP contribution is -2.48. The Morgan fingerprint density at radius 1 is 1.30 bits per heavy atom. The van der Waals surface area contributed by atoms with Crippen LogP contribution < -0.4 is 5.32 Å². The maximum absolute atomic E-state index is 12.4. The third-order valence-corrected chi connectivity index (χ3v) is 4.72. The molecule has 0 saturated carbocycles. The van der Waals surface area contributed by atoms with Crippen molar-refractivity contribution in [3.8, 4) is 0 Å². The molecule has 1 fully saturated rings. The Labute approximate surface area is 143 Å². The highest BCUT2D eigenvalue weighted by Crippen LogP contribution is 2.20. The number of hydrogen-bond acceptors (Lipinski definition) is 3. The molecule has 1 unspecified atom stereocenters. The Morgan fingerprint density at radius 2 is 1.87 bits per heavy atom. The van der Waals surface area contributed by atoms with Crippen LogP contribution in [0.1, 0.15) is 44.0 Å². The van der Waals surface area contributed by atoms with Gasteiger partial charge in [0.1, 0.15) is 0 Å². The summed E-state index contributed by atoms with van der Waals surface area (Å²) in [5.74, 6) is 0.0647. The van der Waals surface area contributed by atoms with Crippen molar-refractivity contribution in [2.75, 3.05) is 19.6 Å². The van der Waals surface area contributed by atoms with Crippen LogP contribution in [0.4, 0.5) is 0 Å². The van der Waals surface area contributed by atoms with Crippen molar-refractivity contribution in [2.24, 2.45) is 5.41 Å². The first-order valence-corrected chi connectivity index (χ1v) is 8.61. The van der Waals surface area contributed by atoms with Gasteiger partial charge >= 0.3 is 0 Å². The average Bonchev–Trinajstić information content (AvgIpc) is 2.52. The number of piperidine rings is 1. The number of carbonyl (C=O) groups excluding carboxylic acids is 1. The standard InChI is InChI=1S/C18H27ClN2O2/c1-18(2,3)16(22)12-20-15-8-10-21(11-9-15)17(23)13-4-6-14(19)7-5-13/h4-7,15-16,20,22H,8-12H2,1-3H3. The first kappa shape index (κ1) is 18.2. The van der Waals surface area contributed by atoms with Crippen LogP contribution in [0.15, 0.2) is 24.3 Å². The number of aliphatic hydroxyl groups is 1. The lowest BCUT2D eigenvalue weighted by atomic mass is 9.89. The molecule has 2 rings (SSSR count). The van der Waals surface area contributed by atoms with E-state index in [-0.39, 0.29) is 17.4 Å². The highest BCUT2D eigenvalue weighted by atomic mass is 35.5. The van der Waals surface area contributed by atoms with E-state index >= 15 is 0 Å². The molecule has 1 atom stereocenters. The second-order valence-electron chi connectivity index (χ2n) is 7.36. The maximum atomic E-state index is 12.4.